The highest BCUT2D eigenvalue weighted by atomic mass is 32.2. The van der Waals surface area contributed by atoms with Crippen LogP contribution in [0.2, 0.25) is 0 Å². The highest BCUT2D eigenvalue weighted by Gasteiger charge is 1.99. The lowest BCUT2D eigenvalue weighted by Gasteiger charge is -2.06. The molecule has 4 nitrogen and oxygen atoms in total. The van der Waals surface area contributed by atoms with Crippen molar-refractivity contribution in [1.82, 2.24) is 5.32 Å². The second kappa shape index (κ2) is 15.3. The smallest absolute Gasteiger partial charge is 0.407 e. The summed E-state index contributed by atoms with van der Waals surface area (Å²) in [5.74, 6) is 2.14. The van der Waals surface area contributed by atoms with Crippen LogP contribution in [0.1, 0.15) is 19.8 Å². The number of rotatable bonds is 12. The van der Waals surface area contributed by atoms with Gasteiger partial charge in [-0.15, -0.1) is 23.5 Å². The van der Waals surface area contributed by atoms with Crippen LogP contribution >= 0.6 is 35.3 Å². The van der Waals surface area contributed by atoms with Crippen LogP contribution < -0.4 is 5.32 Å². The second-order valence-electron chi connectivity index (χ2n) is 3.40. The lowest BCUT2D eigenvalue weighted by Crippen LogP contribution is -2.27. The van der Waals surface area contributed by atoms with Crippen molar-refractivity contribution in [3.63, 3.8) is 0 Å². The molecule has 0 heterocycles. The Morgan fingerprint density at radius 3 is 2.61 bits per heavy atom. The molecule has 0 aliphatic carbocycles. The Morgan fingerprint density at radius 2 is 1.94 bits per heavy atom. The van der Waals surface area contributed by atoms with Crippen molar-refractivity contribution >= 4 is 41.4 Å². The van der Waals surface area contributed by atoms with E-state index in [9.17, 15) is 4.79 Å². The zero-order chi connectivity index (χ0) is 13.5. The third-order valence-electron chi connectivity index (χ3n) is 1.73. The average molecular weight is 314 g/mol. The number of carbonyl (C=O) groups excluding carboxylic acids is 1. The van der Waals surface area contributed by atoms with E-state index < -0.39 is 6.09 Å². The van der Waals surface area contributed by atoms with Gasteiger partial charge in [0.05, 0.1) is 6.61 Å². The van der Waals surface area contributed by atoms with E-state index in [1.54, 1.807) is 0 Å². The molecule has 108 valence electrons. The minimum absolute atomic E-state index is 0.0520. The molecular formula is C11H23NO3S3. The Labute approximate surface area is 122 Å². The molecule has 7 heteroatoms. The zero-order valence-electron chi connectivity index (χ0n) is 10.9. The van der Waals surface area contributed by atoms with Crippen molar-refractivity contribution in [3.05, 3.63) is 0 Å². The van der Waals surface area contributed by atoms with Gasteiger partial charge in [0, 0.05) is 35.5 Å². The molecule has 0 saturated heterocycles. The maximum Gasteiger partial charge on any atom is 0.407 e. The van der Waals surface area contributed by atoms with Gasteiger partial charge in [0.25, 0.3) is 0 Å². The molecule has 0 atom stereocenters. The van der Waals surface area contributed by atoms with Crippen molar-refractivity contribution < 1.29 is 14.6 Å². The summed E-state index contributed by atoms with van der Waals surface area (Å²) in [4.78, 5) is 11.1. The van der Waals surface area contributed by atoms with Crippen molar-refractivity contribution in [2.45, 2.75) is 19.8 Å². The van der Waals surface area contributed by atoms with E-state index in [0.29, 0.717) is 13.0 Å². The molecule has 18 heavy (non-hydrogen) atoms. The summed E-state index contributed by atoms with van der Waals surface area (Å²) in [6, 6.07) is 0. The fraction of sp³-hybridized carbons (Fsp3) is 0.909. The maximum absolute atomic E-state index is 11.1. The predicted molar refractivity (Wildman–Crippen MR) is 83.6 cm³/mol. The van der Waals surface area contributed by atoms with Crippen molar-refractivity contribution in [1.29, 1.82) is 0 Å². The highest BCUT2D eigenvalue weighted by molar-refractivity contribution is 8.22. The van der Waals surface area contributed by atoms with E-state index in [1.165, 1.54) is 12.2 Å². The summed E-state index contributed by atoms with van der Waals surface area (Å²) in [6.07, 6.45) is 1.34. The van der Waals surface area contributed by atoms with Gasteiger partial charge < -0.3 is 15.2 Å². The summed E-state index contributed by atoms with van der Waals surface area (Å²) in [5.41, 5.74) is 0. The number of ether oxygens (including phenoxy) is 1. The van der Waals surface area contributed by atoms with E-state index in [2.05, 4.69) is 12.2 Å². The van der Waals surface area contributed by atoms with Crippen LogP contribution in [0.3, 0.4) is 0 Å². The van der Waals surface area contributed by atoms with Gasteiger partial charge in [0.2, 0.25) is 0 Å². The summed E-state index contributed by atoms with van der Waals surface area (Å²) in [6.45, 7) is 3.15. The number of hydrogen-bond donors (Lipinski definition) is 2. The largest absolute Gasteiger partial charge is 0.449 e. The Morgan fingerprint density at radius 1 is 1.22 bits per heavy atom. The van der Waals surface area contributed by atoms with Crippen LogP contribution in [0.4, 0.5) is 4.79 Å². The fourth-order valence-corrected chi connectivity index (χ4v) is 4.23. The van der Waals surface area contributed by atoms with Crippen LogP contribution in [-0.2, 0) is 4.74 Å². The van der Waals surface area contributed by atoms with Crippen LogP contribution in [0, 0.1) is 0 Å². The molecule has 0 spiro atoms. The number of carbonyl (C=O) groups is 1. The standard InChI is InChI=1S/C11H23NO3S3/c1-2-7-16-9-18-10-17-8-4-12-11(14)15-6-3-5-13/h13H,2-10H2,1H3,(H,12,14). The lowest BCUT2D eigenvalue weighted by molar-refractivity contribution is 0.136. The third-order valence-corrected chi connectivity index (χ3v) is 5.59. The van der Waals surface area contributed by atoms with Crippen molar-refractivity contribution in [3.8, 4) is 0 Å². The van der Waals surface area contributed by atoms with Crippen LogP contribution in [0.5, 0.6) is 0 Å². The minimum atomic E-state index is -0.393. The molecule has 0 aromatic rings. The molecule has 0 aliphatic heterocycles. The van der Waals surface area contributed by atoms with E-state index in [1.807, 2.05) is 35.3 Å². The second-order valence-corrected chi connectivity index (χ2v) is 7.32. The first-order valence-electron chi connectivity index (χ1n) is 6.06. The first-order valence-corrected chi connectivity index (χ1v) is 9.52. The average Bonchev–Trinajstić information content (AvgIpc) is 2.37. The summed E-state index contributed by atoms with van der Waals surface area (Å²) < 4.78 is 4.83. The number of aliphatic hydroxyl groups excluding tert-OH is 1. The Kier molecular flexibility index (Phi) is 15.6. The first-order chi connectivity index (χ1) is 8.81. The van der Waals surface area contributed by atoms with Gasteiger partial charge in [-0.05, 0) is 12.2 Å². The molecule has 0 unspecified atom stereocenters. The first kappa shape index (κ1) is 18.3. The lowest BCUT2D eigenvalue weighted by atomic mass is 10.5. The van der Waals surface area contributed by atoms with E-state index in [0.717, 1.165) is 15.9 Å². The number of hydrogen-bond acceptors (Lipinski definition) is 6. The van der Waals surface area contributed by atoms with Gasteiger partial charge in [0.1, 0.15) is 0 Å². The molecule has 0 aromatic heterocycles. The van der Waals surface area contributed by atoms with E-state index in [-0.39, 0.29) is 13.2 Å². The van der Waals surface area contributed by atoms with Gasteiger partial charge in [0.15, 0.2) is 0 Å². The maximum atomic E-state index is 11.1. The Bertz CT molecular complexity index is 196. The van der Waals surface area contributed by atoms with Crippen LogP contribution in [0.15, 0.2) is 0 Å². The molecule has 0 aliphatic rings. The van der Waals surface area contributed by atoms with Gasteiger partial charge in [-0.2, -0.15) is 11.8 Å². The fourth-order valence-electron chi connectivity index (χ4n) is 0.920. The molecule has 0 saturated carbocycles. The minimum Gasteiger partial charge on any atom is -0.449 e. The van der Waals surface area contributed by atoms with Crippen LogP contribution in [0.25, 0.3) is 0 Å². The summed E-state index contributed by atoms with van der Waals surface area (Å²) >= 11 is 5.72. The van der Waals surface area contributed by atoms with Gasteiger partial charge in [-0.3, -0.25) is 0 Å². The molecule has 1 amide bonds. The number of nitrogens with one attached hydrogen (secondary N) is 1. The van der Waals surface area contributed by atoms with Crippen LogP contribution in [-0.4, -0.2) is 52.6 Å². The van der Waals surface area contributed by atoms with Gasteiger partial charge in [-0.1, -0.05) is 6.92 Å². The number of aliphatic hydroxyl groups is 1. The molecular weight excluding hydrogens is 290 g/mol. The number of amides is 1. The third kappa shape index (κ3) is 14.3. The molecule has 2 N–H and O–H groups in total. The summed E-state index contributed by atoms with van der Waals surface area (Å²) in [5, 5.41) is 13.4. The highest BCUT2D eigenvalue weighted by Crippen LogP contribution is 2.17. The molecule has 0 radical (unpaired) electrons. The van der Waals surface area contributed by atoms with E-state index in [4.69, 9.17) is 9.84 Å². The van der Waals surface area contributed by atoms with E-state index >= 15 is 0 Å². The molecule has 0 bridgehead atoms. The van der Waals surface area contributed by atoms with Gasteiger partial charge in [-0.25, -0.2) is 4.79 Å². The SMILES string of the molecule is CCCSCSCSCCNC(=O)OCCCO. The monoisotopic (exact) mass is 313 g/mol. The van der Waals surface area contributed by atoms with Crippen molar-refractivity contribution in [2.75, 3.05) is 41.4 Å². The molecule has 0 rings (SSSR count). The van der Waals surface area contributed by atoms with Gasteiger partial charge >= 0.3 is 6.09 Å². The predicted octanol–water partition coefficient (Wildman–Crippen LogP) is 2.62. The zero-order valence-corrected chi connectivity index (χ0v) is 13.3. The number of alkyl carbamates (subject to hydrolysis) is 1. The quantitative estimate of drug-likeness (QED) is 0.427. The topological polar surface area (TPSA) is 58.6 Å². The summed E-state index contributed by atoms with van der Waals surface area (Å²) in [7, 11) is 0. The van der Waals surface area contributed by atoms with Crippen molar-refractivity contribution in [2.24, 2.45) is 0 Å². The molecule has 0 aromatic carbocycles. The molecule has 0 fully saturated rings. The number of thioether (sulfide) groups is 3. The normalized spacial score (nSPS) is 10.3. The Hall–Kier alpha value is 0.280. The Balaban J connectivity index is 3.08.